The van der Waals surface area contributed by atoms with Crippen molar-refractivity contribution in [3.05, 3.63) is 30.1 Å². The Labute approximate surface area is 104 Å². The maximum atomic E-state index is 5.86. The molecule has 1 fully saturated rings. The Bertz CT molecular complexity index is 535. The molecule has 1 aromatic carbocycles. The van der Waals surface area contributed by atoms with Crippen molar-refractivity contribution in [2.45, 2.75) is 6.10 Å². The molecule has 0 radical (unpaired) electrons. The van der Waals surface area contributed by atoms with Crippen LogP contribution in [-0.4, -0.2) is 30.0 Å². The average molecular weight is 247 g/mol. The number of aromatic nitrogens is 2. The summed E-state index contributed by atoms with van der Waals surface area (Å²) in [5.74, 6) is 0.894. The van der Waals surface area contributed by atoms with E-state index in [2.05, 4.69) is 10.1 Å². The second-order valence-electron chi connectivity index (χ2n) is 3.98. The third-order valence-corrected chi connectivity index (χ3v) is 2.74. The van der Waals surface area contributed by atoms with E-state index in [0.717, 1.165) is 5.56 Å². The van der Waals surface area contributed by atoms with E-state index in [4.69, 9.17) is 19.7 Å². The van der Waals surface area contributed by atoms with E-state index in [1.807, 2.05) is 18.2 Å². The van der Waals surface area contributed by atoms with Crippen molar-refractivity contribution in [3.8, 4) is 11.5 Å². The molecule has 0 amide bonds. The van der Waals surface area contributed by atoms with Crippen LogP contribution in [-0.2, 0) is 9.47 Å². The first-order valence-electron chi connectivity index (χ1n) is 5.72. The van der Waals surface area contributed by atoms with Gasteiger partial charge in [-0.3, -0.25) is 0 Å². The van der Waals surface area contributed by atoms with Crippen molar-refractivity contribution < 1.29 is 14.0 Å². The highest BCUT2D eigenvalue weighted by Crippen LogP contribution is 2.26. The Hall–Kier alpha value is -1.92. The van der Waals surface area contributed by atoms with Crippen molar-refractivity contribution in [3.63, 3.8) is 0 Å². The highest BCUT2D eigenvalue weighted by molar-refractivity contribution is 5.69. The van der Waals surface area contributed by atoms with E-state index in [1.54, 1.807) is 6.07 Å². The SMILES string of the molecule is Nc1ccccc1-c1nc(C2COCCO2)no1. The summed E-state index contributed by atoms with van der Waals surface area (Å²) in [6.45, 7) is 1.60. The fraction of sp³-hybridized carbons (Fsp3) is 0.333. The summed E-state index contributed by atoms with van der Waals surface area (Å²) in [5.41, 5.74) is 7.19. The van der Waals surface area contributed by atoms with E-state index in [-0.39, 0.29) is 6.10 Å². The van der Waals surface area contributed by atoms with Gasteiger partial charge in [-0.05, 0) is 12.1 Å². The molecule has 1 unspecified atom stereocenters. The smallest absolute Gasteiger partial charge is 0.260 e. The van der Waals surface area contributed by atoms with Crippen LogP contribution in [0.5, 0.6) is 0 Å². The molecule has 0 saturated carbocycles. The summed E-state index contributed by atoms with van der Waals surface area (Å²) in [7, 11) is 0. The van der Waals surface area contributed by atoms with Crippen LogP contribution in [0, 0.1) is 0 Å². The molecule has 2 aromatic rings. The lowest BCUT2D eigenvalue weighted by Crippen LogP contribution is -2.22. The zero-order valence-electron chi connectivity index (χ0n) is 9.70. The number of benzene rings is 1. The van der Waals surface area contributed by atoms with Crippen molar-refractivity contribution in [1.29, 1.82) is 0 Å². The third kappa shape index (κ3) is 2.07. The molecule has 6 nitrogen and oxygen atoms in total. The van der Waals surface area contributed by atoms with Gasteiger partial charge in [-0.2, -0.15) is 4.98 Å². The standard InChI is InChI=1S/C12H13N3O3/c13-9-4-2-1-3-8(9)12-14-11(15-18-12)10-7-16-5-6-17-10/h1-4,10H,5-7,13H2. The van der Waals surface area contributed by atoms with Crippen LogP contribution in [0.2, 0.25) is 0 Å². The summed E-state index contributed by atoms with van der Waals surface area (Å²) >= 11 is 0. The number of nitrogens with zero attached hydrogens (tertiary/aromatic N) is 2. The van der Waals surface area contributed by atoms with Gasteiger partial charge in [0, 0.05) is 5.69 Å². The van der Waals surface area contributed by atoms with Crippen molar-refractivity contribution in [1.82, 2.24) is 10.1 Å². The van der Waals surface area contributed by atoms with Gasteiger partial charge in [0.1, 0.15) is 6.10 Å². The Kier molecular flexibility index (Phi) is 2.95. The Morgan fingerprint density at radius 3 is 2.89 bits per heavy atom. The topological polar surface area (TPSA) is 83.4 Å². The Morgan fingerprint density at radius 2 is 2.11 bits per heavy atom. The van der Waals surface area contributed by atoms with Gasteiger partial charge in [0.05, 0.1) is 25.4 Å². The predicted molar refractivity (Wildman–Crippen MR) is 63.7 cm³/mol. The molecule has 6 heteroatoms. The predicted octanol–water partition coefficient (Wildman–Crippen LogP) is 1.41. The molecule has 1 saturated heterocycles. The molecule has 18 heavy (non-hydrogen) atoms. The van der Waals surface area contributed by atoms with Gasteiger partial charge in [0.15, 0.2) is 0 Å². The third-order valence-electron chi connectivity index (χ3n) is 2.74. The van der Waals surface area contributed by atoms with Crippen molar-refractivity contribution >= 4 is 5.69 Å². The van der Waals surface area contributed by atoms with E-state index < -0.39 is 0 Å². The first-order chi connectivity index (χ1) is 8.84. The normalized spacial score (nSPS) is 19.9. The highest BCUT2D eigenvalue weighted by atomic mass is 16.6. The number of nitrogens with two attached hydrogens (primary N) is 1. The molecular weight excluding hydrogens is 234 g/mol. The number of para-hydroxylation sites is 1. The quantitative estimate of drug-likeness (QED) is 0.808. The molecule has 2 N–H and O–H groups in total. The summed E-state index contributed by atoms with van der Waals surface area (Å²) < 4.78 is 16.0. The second-order valence-corrected chi connectivity index (χ2v) is 3.98. The number of rotatable bonds is 2. The van der Waals surface area contributed by atoms with Crippen LogP contribution >= 0.6 is 0 Å². The van der Waals surface area contributed by atoms with Gasteiger partial charge in [-0.15, -0.1) is 0 Å². The van der Waals surface area contributed by atoms with E-state index in [9.17, 15) is 0 Å². The lowest BCUT2D eigenvalue weighted by atomic mass is 10.2. The molecular formula is C12H13N3O3. The van der Waals surface area contributed by atoms with Crippen LogP contribution in [0.25, 0.3) is 11.5 Å². The number of anilines is 1. The minimum Gasteiger partial charge on any atom is -0.398 e. The van der Waals surface area contributed by atoms with Crippen molar-refractivity contribution in [2.75, 3.05) is 25.6 Å². The summed E-state index contributed by atoms with van der Waals surface area (Å²) in [5, 5.41) is 3.91. The molecule has 0 aliphatic carbocycles. The molecule has 1 aliphatic rings. The zero-order valence-corrected chi connectivity index (χ0v) is 9.70. The summed E-state index contributed by atoms with van der Waals surface area (Å²) in [4.78, 5) is 4.30. The van der Waals surface area contributed by atoms with Gasteiger partial charge in [-0.1, -0.05) is 17.3 Å². The number of hydrogen-bond acceptors (Lipinski definition) is 6. The zero-order chi connectivity index (χ0) is 12.4. The molecule has 0 spiro atoms. The fourth-order valence-corrected chi connectivity index (χ4v) is 1.80. The first kappa shape index (κ1) is 11.2. The van der Waals surface area contributed by atoms with E-state index >= 15 is 0 Å². The fourth-order valence-electron chi connectivity index (χ4n) is 1.80. The minimum atomic E-state index is -0.263. The van der Waals surface area contributed by atoms with Gasteiger partial charge in [0.2, 0.25) is 5.82 Å². The van der Waals surface area contributed by atoms with Crippen LogP contribution in [0.1, 0.15) is 11.9 Å². The molecule has 94 valence electrons. The maximum Gasteiger partial charge on any atom is 0.260 e. The number of ether oxygens (including phenoxy) is 2. The largest absolute Gasteiger partial charge is 0.398 e. The summed E-state index contributed by atoms with van der Waals surface area (Å²) in [6, 6.07) is 7.36. The monoisotopic (exact) mass is 247 g/mol. The molecule has 3 rings (SSSR count). The average Bonchev–Trinajstić information content (AvgIpc) is 2.90. The van der Waals surface area contributed by atoms with Crippen molar-refractivity contribution in [2.24, 2.45) is 0 Å². The van der Waals surface area contributed by atoms with Gasteiger partial charge >= 0.3 is 0 Å². The van der Waals surface area contributed by atoms with Crippen LogP contribution in [0.3, 0.4) is 0 Å². The summed E-state index contributed by atoms with van der Waals surface area (Å²) in [6.07, 6.45) is -0.263. The molecule has 1 aromatic heterocycles. The van der Waals surface area contributed by atoms with Gasteiger partial charge in [-0.25, -0.2) is 0 Å². The van der Waals surface area contributed by atoms with E-state index in [1.165, 1.54) is 0 Å². The molecule has 1 atom stereocenters. The minimum absolute atomic E-state index is 0.263. The van der Waals surface area contributed by atoms with Crippen LogP contribution in [0.15, 0.2) is 28.8 Å². The number of hydrogen-bond donors (Lipinski definition) is 1. The van der Waals surface area contributed by atoms with Gasteiger partial charge in [0.25, 0.3) is 5.89 Å². The Morgan fingerprint density at radius 1 is 1.22 bits per heavy atom. The molecule has 0 bridgehead atoms. The maximum absolute atomic E-state index is 5.86. The molecule has 1 aliphatic heterocycles. The lowest BCUT2D eigenvalue weighted by Gasteiger charge is -2.19. The molecule has 2 heterocycles. The highest BCUT2D eigenvalue weighted by Gasteiger charge is 2.23. The van der Waals surface area contributed by atoms with E-state index in [0.29, 0.717) is 37.2 Å². The second kappa shape index (κ2) is 4.75. The lowest BCUT2D eigenvalue weighted by molar-refractivity contribution is -0.0941. The van der Waals surface area contributed by atoms with Gasteiger partial charge < -0.3 is 19.7 Å². The van der Waals surface area contributed by atoms with Crippen LogP contribution < -0.4 is 5.73 Å². The van der Waals surface area contributed by atoms with Crippen LogP contribution in [0.4, 0.5) is 5.69 Å². The Balaban J connectivity index is 1.87. The first-order valence-corrected chi connectivity index (χ1v) is 5.72. The number of nitrogen functional groups attached to an aromatic ring is 1.